The molecule has 2 nitrogen and oxygen atoms in total. The van der Waals surface area contributed by atoms with Gasteiger partial charge in [-0.1, -0.05) is 271 Å². The first-order chi connectivity index (χ1) is 25.2. The minimum atomic E-state index is -2.47. The monoisotopic (exact) mass is 739 g/mol. The standard InChI is InChI=1S/C48H99O2P/c1-4-7-10-13-16-19-22-25-28-31-34-37-40-43-46-50-51(49,47-44-41-38-35-32-29-26-23-20-17-14-11-8-5-2)48-45-42-39-36-33-30-27-24-21-18-15-12-9-6-3/h4-48H2,1-3H3. The Morgan fingerprint density at radius 2 is 0.431 bits per heavy atom. The lowest BCUT2D eigenvalue weighted by Gasteiger charge is -2.19. The Hall–Kier alpha value is 0.190. The summed E-state index contributed by atoms with van der Waals surface area (Å²) in [5.41, 5.74) is 0. The molecule has 0 saturated heterocycles. The molecular weight excluding hydrogens is 640 g/mol. The van der Waals surface area contributed by atoms with Gasteiger partial charge in [-0.2, -0.15) is 0 Å². The van der Waals surface area contributed by atoms with E-state index in [-0.39, 0.29) is 0 Å². The molecule has 0 spiro atoms. The predicted octanol–water partition coefficient (Wildman–Crippen LogP) is 18.7. The van der Waals surface area contributed by atoms with Crippen molar-refractivity contribution in [2.45, 2.75) is 290 Å². The molecule has 0 aromatic carbocycles. The van der Waals surface area contributed by atoms with Crippen LogP contribution >= 0.6 is 7.37 Å². The summed E-state index contributed by atoms with van der Waals surface area (Å²) in [6.07, 6.45) is 59.4. The highest BCUT2D eigenvalue weighted by atomic mass is 31.2. The van der Waals surface area contributed by atoms with Crippen LogP contribution in [0, 0.1) is 0 Å². The van der Waals surface area contributed by atoms with Crippen molar-refractivity contribution in [3.63, 3.8) is 0 Å². The molecule has 0 atom stereocenters. The van der Waals surface area contributed by atoms with E-state index in [1.54, 1.807) is 0 Å². The van der Waals surface area contributed by atoms with Crippen LogP contribution in [0.1, 0.15) is 290 Å². The fraction of sp³-hybridized carbons (Fsp3) is 1.00. The topological polar surface area (TPSA) is 26.3 Å². The van der Waals surface area contributed by atoms with E-state index in [2.05, 4.69) is 20.8 Å². The maximum absolute atomic E-state index is 14.0. The van der Waals surface area contributed by atoms with Gasteiger partial charge in [0.25, 0.3) is 0 Å². The second-order valence-corrected chi connectivity index (χ2v) is 19.7. The largest absolute Gasteiger partial charge is 0.328 e. The lowest BCUT2D eigenvalue weighted by atomic mass is 10.0. The van der Waals surface area contributed by atoms with E-state index < -0.39 is 7.37 Å². The van der Waals surface area contributed by atoms with Crippen LogP contribution < -0.4 is 0 Å². The maximum Gasteiger partial charge on any atom is 0.203 e. The first-order valence-electron chi connectivity index (χ1n) is 24.4. The number of hydrogen-bond acceptors (Lipinski definition) is 2. The average Bonchev–Trinajstić information content (AvgIpc) is 3.13. The van der Waals surface area contributed by atoms with Crippen LogP contribution in [0.15, 0.2) is 0 Å². The molecule has 3 heteroatoms. The Balaban J connectivity index is 4.08. The minimum Gasteiger partial charge on any atom is -0.328 e. The first kappa shape index (κ1) is 51.2. The van der Waals surface area contributed by atoms with Crippen molar-refractivity contribution in [3.05, 3.63) is 0 Å². The molecule has 0 N–H and O–H groups in total. The third-order valence-electron chi connectivity index (χ3n) is 11.5. The van der Waals surface area contributed by atoms with Crippen LogP contribution in [0.3, 0.4) is 0 Å². The summed E-state index contributed by atoms with van der Waals surface area (Å²) in [6.45, 7) is 7.63. The molecule has 0 fully saturated rings. The Kier molecular flexibility index (Phi) is 44.8. The number of rotatable bonds is 46. The normalized spacial score (nSPS) is 12.0. The van der Waals surface area contributed by atoms with Crippen molar-refractivity contribution in [2.24, 2.45) is 0 Å². The molecule has 0 saturated carbocycles. The summed E-state index contributed by atoms with van der Waals surface area (Å²) in [4.78, 5) is 0. The van der Waals surface area contributed by atoms with Gasteiger partial charge < -0.3 is 4.52 Å². The number of unbranched alkanes of at least 4 members (excludes halogenated alkanes) is 39. The van der Waals surface area contributed by atoms with Gasteiger partial charge in [-0.15, -0.1) is 0 Å². The van der Waals surface area contributed by atoms with Gasteiger partial charge in [-0.25, -0.2) is 0 Å². The van der Waals surface area contributed by atoms with Gasteiger partial charge in [-0.05, 0) is 19.3 Å². The summed E-state index contributed by atoms with van der Waals surface area (Å²) >= 11 is 0. The smallest absolute Gasteiger partial charge is 0.203 e. The quantitative estimate of drug-likeness (QED) is 0.0459. The molecule has 0 rings (SSSR count). The Morgan fingerprint density at radius 3 is 0.647 bits per heavy atom. The molecule has 0 radical (unpaired) electrons. The average molecular weight is 739 g/mol. The Morgan fingerprint density at radius 1 is 0.255 bits per heavy atom. The van der Waals surface area contributed by atoms with Gasteiger partial charge in [0.05, 0.1) is 6.61 Å². The molecule has 0 aliphatic carbocycles. The zero-order valence-corrected chi connectivity index (χ0v) is 37.0. The summed E-state index contributed by atoms with van der Waals surface area (Å²) in [7, 11) is -2.47. The van der Waals surface area contributed by atoms with Crippen molar-refractivity contribution in [2.75, 3.05) is 18.9 Å². The molecule has 0 aliphatic rings. The lowest BCUT2D eigenvalue weighted by Crippen LogP contribution is -2.03. The zero-order chi connectivity index (χ0) is 37.0. The summed E-state index contributed by atoms with van der Waals surface area (Å²) < 4.78 is 20.3. The van der Waals surface area contributed by atoms with Gasteiger partial charge in [-0.3, -0.25) is 4.57 Å². The SMILES string of the molecule is CCCCCCCCCCCCCCCCOP(=O)(CCCCCCCCCCCCCCCC)CCCCCCCCCCCCCCCC. The second kappa shape index (κ2) is 44.6. The van der Waals surface area contributed by atoms with Gasteiger partial charge in [0.1, 0.15) is 0 Å². The molecule has 308 valence electrons. The van der Waals surface area contributed by atoms with Crippen LogP contribution in [0.5, 0.6) is 0 Å². The van der Waals surface area contributed by atoms with Crippen LogP contribution in [0.25, 0.3) is 0 Å². The predicted molar refractivity (Wildman–Crippen MR) is 234 cm³/mol. The van der Waals surface area contributed by atoms with Gasteiger partial charge in [0, 0.05) is 12.3 Å². The van der Waals surface area contributed by atoms with Crippen molar-refractivity contribution >= 4 is 7.37 Å². The van der Waals surface area contributed by atoms with E-state index >= 15 is 0 Å². The zero-order valence-electron chi connectivity index (χ0n) is 36.1. The van der Waals surface area contributed by atoms with E-state index in [9.17, 15) is 4.57 Å². The minimum absolute atomic E-state index is 0.729. The highest BCUT2D eigenvalue weighted by molar-refractivity contribution is 7.58. The van der Waals surface area contributed by atoms with Gasteiger partial charge >= 0.3 is 0 Å². The fourth-order valence-electron chi connectivity index (χ4n) is 7.86. The van der Waals surface area contributed by atoms with Crippen LogP contribution in [-0.4, -0.2) is 18.9 Å². The van der Waals surface area contributed by atoms with E-state index in [1.165, 1.54) is 250 Å². The van der Waals surface area contributed by atoms with Gasteiger partial charge in [0.15, 0.2) is 0 Å². The maximum atomic E-state index is 14.0. The highest BCUT2D eigenvalue weighted by Crippen LogP contribution is 2.49. The molecule has 0 heterocycles. The molecule has 0 aromatic rings. The third-order valence-corrected chi connectivity index (χ3v) is 14.2. The van der Waals surface area contributed by atoms with Gasteiger partial charge in [0.2, 0.25) is 7.37 Å². The Labute approximate surface area is 324 Å². The first-order valence-corrected chi connectivity index (χ1v) is 26.4. The highest BCUT2D eigenvalue weighted by Gasteiger charge is 2.22. The lowest BCUT2D eigenvalue weighted by molar-refractivity contribution is 0.299. The van der Waals surface area contributed by atoms with E-state index in [0.717, 1.165) is 38.2 Å². The molecule has 0 aromatic heterocycles. The molecule has 0 amide bonds. The molecular formula is C48H99O2P. The van der Waals surface area contributed by atoms with Crippen LogP contribution in [0.4, 0.5) is 0 Å². The Bertz CT molecular complexity index is 628. The van der Waals surface area contributed by atoms with E-state index in [4.69, 9.17) is 4.52 Å². The van der Waals surface area contributed by atoms with Crippen LogP contribution in [-0.2, 0) is 9.09 Å². The fourth-order valence-corrected chi connectivity index (χ4v) is 10.2. The van der Waals surface area contributed by atoms with E-state index in [1.807, 2.05) is 0 Å². The third kappa shape index (κ3) is 42.8. The van der Waals surface area contributed by atoms with Crippen molar-refractivity contribution < 1.29 is 9.09 Å². The van der Waals surface area contributed by atoms with Crippen molar-refractivity contribution in [1.29, 1.82) is 0 Å². The van der Waals surface area contributed by atoms with Crippen molar-refractivity contribution in [3.8, 4) is 0 Å². The van der Waals surface area contributed by atoms with Crippen LogP contribution in [0.2, 0.25) is 0 Å². The molecule has 0 aliphatic heterocycles. The molecule has 0 bridgehead atoms. The molecule has 0 unspecified atom stereocenters. The summed E-state index contributed by atoms with van der Waals surface area (Å²) in [5, 5.41) is 0. The van der Waals surface area contributed by atoms with Crippen molar-refractivity contribution in [1.82, 2.24) is 0 Å². The summed E-state index contributed by atoms with van der Waals surface area (Å²) in [6, 6.07) is 0. The van der Waals surface area contributed by atoms with E-state index in [0.29, 0.717) is 0 Å². The molecule has 51 heavy (non-hydrogen) atoms. The summed E-state index contributed by atoms with van der Waals surface area (Å²) in [5.74, 6) is 0. The number of hydrogen-bond donors (Lipinski definition) is 0. The second-order valence-electron chi connectivity index (χ2n) is 16.9.